The minimum atomic E-state index is -1.55. The fraction of sp³-hybridized carbons (Fsp3) is 0.833. The number of hydrogen-bond acceptors (Lipinski definition) is 2. The molecule has 2 nitrogen and oxygen atoms in total. The Morgan fingerprint density at radius 3 is 2.33 bits per heavy atom. The molecule has 0 aromatic rings. The van der Waals surface area contributed by atoms with E-state index in [0.717, 1.165) is 19.4 Å². The summed E-state index contributed by atoms with van der Waals surface area (Å²) in [6, 6.07) is 0.119. The zero-order chi connectivity index (χ0) is 12.1. The molecule has 2 N–H and O–H groups in total. The normalized spacial score (nSPS) is 15.1. The largest absolute Gasteiger partial charge is 0.417 e. The predicted octanol–water partition coefficient (Wildman–Crippen LogP) is 3.30. The van der Waals surface area contributed by atoms with Crippen molar-refractivity contribution in [3.05, 3.63) is 12.7 Å². The van der Waals surface area contributed by atoms with Crippen LogP contribution >= 0.6 is 0 Å². The third-order valence-electron chi connectivity index (χ3n) is 3.25. The monoisotopic (exact) mass is 229 g/mol. The molecule has 0 bridgehead atoms. The van der Waals surface area contributed by atoms with Crippen LogP contribution in [0.2, 0.25) is 18.1 Å². The molecule has 0 saturated carbocycles. The second kappa shape index (κ2) is 5.82. The Kier molecular flexibility index (Phi) is 5.78. The van der Waals surface area contributed by atoms with Gasteiger partial charge in [0, 0.05) is 12.6 Å². The van der Waals surface area contributed by atoms with Gasteiger partial charge in [-0.05, 0) is 31.0 Å². The molecular weight excluding hydrogens is 202 g/mol. The first-order valence-corrected chi connectivity index (χ1v) is 8.63. The van der Waals surface area contributed by atoms with Crippen molar-refractivity contribution in [2.75, 3.05) is 6.61 Å². The van der Waals surface area contributed by atoms with Crippen LogP contribution in [0.3, 0.4) is 0 Å². The molecule has 0 heterocycles. The van der Waals surface area contributed by atoms with Crippen molar-refractivity contribution >= 4 is 8.32 Å². The van der Waals surface area contributed by atoms with Crippen molar-refractivity contribution in [1.82, 2.24) is 0 Å². The summed E-state index contributed by atoms with van der Waals surface area (Å²) in [6.45, 7) is 15.8. The molecule has 90 valence electrons. The second-order valence-corrected chi connectivity index (χ2v) is 10.5. The standard InChI is InChI=1S/C12H27NOSi/c1-7-11(13)9-8-10-14-15(5,6)12(2,3)4/h7,11H,1,8-10,13H2,2-6H3/t11-/m1/s1. The van der Waals surface area contributed by atoms with Gasteiger partial charge < -0.3 is 10.2 Å². The van der Waals surface area contributed by atoms with Gasteiger partial charge in [-0.15, -0.1) is 6.58 Å². The Hall–Kier alpha value is -0.123. The van der Waals surface area contributed by atoms with Crippen molar-refractivity contribution in [2.24, 2.45) is 5.73 Å². The third-order valence-corrected chi connectivity index (χ3v) is 7.79. The van der Waals surface area contributed by atoms with Crippen LogP contribution in [0.25, 0.3) is 0 Å². The number of nitrogens with two attached hydrogens (primary N) is 1. The number of hydrogen-bond donors (Lipinski definition) is 1. The SMILES string of the molecule is C=C[C@@H](N)CCCO[Si](C)(C)C(C)(C)C. The lowest BCUT2D eigenvalue weighted by molar-refractivity contribution is 0.277. The van der Waals surface area contributed by atoms with E-state index < -0.39 is 8.32 Å². The number of rotatable bonds is 6. The van der Waals surface area contributed by atoms with Crippen molar-refractivity contribution in [3.8, 4) is 0 Å². The Balaban J connectivity index is 3.81. The first-order valence-electron chi connectivity index (χ1n) is 5.73. The van der Waals surface area contributed by atoms with Crippen LogP contribution in [0.5, 0.6) is 0 Å². The van der Waals surface area contributed by atoms with Gasteiger partial charge in [0.25, 0.3) is 0 Å². The zero-order valence-corrected chi connectivity index (χ0v) is 12.0. The molecule has 3 heteroatoms. The summed E-state index contributed by atoms with van der Waals surface area (Å²) >= 11 is 0. The quantitative estimate of drug-likeness (QED) is 0.431. The average molecular weight is 229 g/mol. The van der Waals surface area contributed by atoms with E-state index in [2.05, 4.69) is 40.4 Å². The summed E-state index contributed by atoms with van der Waals surface area (Å²) in [6.07, 6.45) is 3.80. The summed E-state index contributed by atoms with van der Waals surface area (Å²) in [5, 5.41) is 0.299. The highest BCUT2D eigenvalue weighted by Gasteiger charge is 2.36. The molecule has 0 aliphatic heterocycles. The maximum atomic E-state index is 6.04. The lowest BCUT2D eigenvalue weighted by Gasteiger charge is -2.36. The van der Waals surface area contributed by atoms with Crippen molar-refractivity contribution < 1.29 is 4.43 Å². The van der Waals surface area contributed by atoms with Crippen LogP contribution in [0.15, 0.2) is 12.7 Å². The van der Waals surface area contributed by atoms with E-state index in [4.69, 9.17) is 10.2 Å². The van der Waals surface area contributed by atoms with Gasteiger partial charge in [0.05, 0.1) is 0 Å². The molecule has 0 unspecified atom stereocenters. The highest BCUT2D eigenvalue weighted by atomic mass is 28.4. The van der Waals surface area contributed by atoms with E-state index in [1.54, 1.807) is 6.08 Å². The van der Waals surface area contributed by atoms with Gasteiger partial charge in [-0.2, -0.15) is 0 Å². The molecule has 15 heavy (non-hydrogen) atoms. The molecule has 0 radical (unpaired) electrons. The van der Waals surface area contributed by atoms with Crippen molar-refractivity contribution in [1.29, 1.82) is 0 Å². The molecule has 0 aromatic heterocycles. The Morgan fingerprint density at radius 2 is 1.93 bits per heavy atom. The highest BCUT2D eigenvalue weighted by molar-refractivity contribution is 6.74. The van der Waals surface area contributed by atoms with Gasteiger partial charge >= 0.3 is 0 Å². The summed E-state index contributed by atoms with van der Waals surface area (Å²) in [4.78, 5) is 0. The van der Waals surface area contributed by atoms with Crippen LogP contribution in [0, 0.1) is 0 Å². The molecule has 1 atom stereocenters. The topological polar surface area (TPSA) is 35.2 Å². The Morgan fingerprint density at radius 1 is 1.40 bits per heavy atom. The smallest absolute Gasteiger partial charge is 0.191 e. The van der Waals surface area contributed by atoms with Gasteiger partial charge in [0.15, 0.2) is 8.32 Å². The lowest BCUT2D eigenvalue weighted by atomic mass is 10.2. The molecule has 0 aliphatic carbocycles. The molecule has 0 rings (SSSR count). The van der Waals surface area contributed by atoms with Gasteiger partial charge in [-0.3, -0.25) is 0 Å². The molecular formula is C12H27NOSi. The Bertz CT molecular complexity index is 196. The molecule has 0 amide bonds. The minimum absolute atomic E-state index is 0.119. The Labute approximate surface area is 96.0 Å². The van der Waals surface area contributed by atoms with Gasteiger partial charge in [-0.25, -0.2) is 0 Å². The second-order valence-electron chi connectivity index (χ2n) is 5.65. The van der Waals surface area contributed by atoms with Crippen molar-refractivity contribution in [3.63, 3.8) is 0 Å². The highest BCUT2D eigenvalue weighted by Crippen LogP contribution is 2.36. The summed E-state index contributed by atoms with van der Waals surface area (Å²) in [5.74, 6) is 0. The maximum absolute atomic E-state index is 6.04. The maximum Gasteiger partial charge on any atom is 0.191 e. The summed E-state index contributed by atoms with van der Waals surface area (Å²) < 4.78 is 6.04. The van der Waals surface area contributed by atoms with Crippen LogP contribution in [-0.2, 0) is 4.43 Å². The van der Waals surface area contributed by atoms with Crippen LogP contribution in [0.1, 0.15) is 33.6 Å². The van der Waals surface area contributed by atoms with E-state index in [1.165, 1.54) is 0 Å². The predicted molar refractivity (Wildman–Crippen MR) is 70.6 cm³/mol. The van der Waals surface area contributed by atoms with Crippen LogP contribution in [0.4, 0.5) is 0 Å². The molecule has 0 aliphatic rings. The average Bonchev–Trinajstić information content (AvgIpc) is 2.10. The summed E-state index contributed by atoms with van der Waals surface area (Å²) in [5.41, 5.74) is 5.75. The van der Waals surface area contributed by atoms with Gasteiger partial charge in [0.1, 0.15) is 0 Å². The van der Waals surface area contributed by atoms with Crippen LogP contribution in [-0.4, -0.2) is 21.0 Å². The zero-order valence-electron chi connectivity index (χ0n) is 11.0. The fourth-order valence-corrected chi connectivity index (χ4v) is 2.07. The third kappa shape index (κ3) is 5.49. The van der Waals surface area contributed by atoms with Gasteiger partial charge in [-0.1, -0.05) is 26.8 Å². The van der Waals surface area contributed by atoms with E-state index in [1.807, 2.05) is 0 Å². The van der Waals surface area contributed by atoms with E-state index in [0.29, 0.717) is 5.04 Å². The first-order chi connectivity index (χ1) is 6.70. The first kappa shape index (κ1) is 14.9. The van der Waals surface area contributed by atoms with Crippen molar-refractivity contribution in [2.45, 2.75) is 57.8 Å². The summed E-state index contributed by atoms with van der Waals surface area (Å²) in [7, 11) is -1.55. The molecule has 0 saturated heterocycles. The molecule has 0 aromatic carbocycles. The van der Waals surface area contributed by atoms with Gasteiger partial charge in [0.2, 0.25) is 0 Å². The minimum Gasteiger partial charge on any atom is -0.417 e. The lowest BCUT2D eigenvalue weighted by Crippen LogP contribution is -2.41. The molecule has 0 fully saturated rings. The van der Waals surface area contributed by atoms with E-state index in [-0.39, 0.29) is 6.04 Å². The van der Waals surface area contributed by atoms with E-state index in [9.17, 15) is 0 Å². The molecule has 0 spiro atoms. The van der Waals surface area contributed by atoms with Crippen LogP contribution < -0.4 is 5.73 Å². The van der Waals surface area contributed by atoms with E-state index >= 15 is 0 Å². The fourth-order valence-electron chi connectivity index (χ4n) is 0.981.